The van der Waals surface area contributed by atoms with Crippen LogP contribution in [0.4, 0.5) is 11.4 Å². The van der Waals surface area contributed by atoms with Crippen molar-refractivity contribution in [3.63, 3.8) is 0 Å². The van der Waals surface area contributed by atoms with E-state index in [1.165, 1.54) is 6.42 Å². The van der Waals surface area contributed by atoms with E-state index in [1.807, 2.05) is 42.5 Å². The van der Waals surface area contributed by atoms with Crippen LogP contribution in [0.3, 0.4) is 0 Å². The van der Waals surface area contributed by atoms with Crippen molar-refractivity contribution in [3.8, 4) is 11.5 Å². The van der Waals surface area contributed by atoms with Crippen molar-refractivity contribution < 1.29 is 14.3 Å². The van der Waals surface area contributed by atoms with Gasteiger partial charge in [-0.15, -0.1) is 24.0 Å². The summed E-state index contributed by atoms with van der Waals surface area (Å²) in [5, 5.41) is 6.15. The SMILES string of the molecule is I.NC(=NCc1cccc(NC(=O)C2CCCCC2)c1)Nc1ccc2c(c1)OCCCO2. The van der Waals surface area contributed by atoms with Gasteiger partial charge in [-0.1, -0.05) is 31.4 Å². The number of benzene rings is 2. The molecule has 0 radical (unpaired) electrons. The number of carbonyl (C=O) groups excluding carboxylic acids is 1. The normalized spacial score (nSPS) is 16.4. The maximum Gasteiger partial charge on any atom is 0.227 e. The number of fused-ring (bicyclic) bond motifs is 1. The summed E-state index contributed by atoms with van der Waals surface area (Å²) in [4.78, 5) is 16.9. The lowest BCUT2D eigenvalue weighted by atomic mass is 9.88. The Morgan fingerprint density at radius 1 is 0.938 bits per heavy atom. The molecule has 32 heavy (non-hydrogen) atoms. The van der Waals surface area contributed by atoms with Gasteiger partial charge in [0.25, 0.3) is 0 Å². The molecule has 172 valence electrons. The van der Waals surface area contributed by atoms with Gasteiger partial charge in [-0.25, -0.2) is 4.99 Å². The molecule has 2 aromatic carbocycles. The number of amides is 1. The fourth-order valence-corrected chi connectivity index (χ4v) is 3.96. The number of carbonyl (C=O) groups is 1. The zero-order valence-electron chi connectivity index (χ0n) is 18.1. The Morgan fingerprint density at radius 2 is 1.69 bits per heavy atom. The van der Waals surface area contributed by atoms with E-state index in [0.717, 1.165) is 54.8 Å². The van der Waals surface area contributed by atoms with Crippen LogP contribution in [0.5, 0.6) is 11.5 Å². The molecule has 4 rings (SSSR count). The molecule has 1 amide bonds. The molecular formula is C24H31IN4O3. The first-order chi connectivity index (χ1) is 15.2. The maximum absolute atomic E-state index is 12.5. The summed E-state index contributed by atoms with van der Waals surface area (Å²) < 4.78 is 11.4. The highest BCUT2D eigenvalue weighted by Crippen LogP contribution is 2.32. The third-order valence-corrected chi connectivity index (χ3v) is 5.62. The molecular weight excluding hydrogens is 519 g/mol. The number of guanidine groups is 1. The van der Waals surface area contributed by atoms with Gasteiger partial charge >= 0.3 is 0 Å². The highest BCUT2D eigenvalue weighted by Gasteiger charge is 2.21. The number of hydrogen-bond donors (Lipinski definition) is 3. The topological polar surface area (TPSA) is 98.0 Å². The first kappa shape index (κ1) is 24.2. The van der Waals surface area contributed by atoms with E-state index in [4.69, 9.17) is 15.2 Å². The number of rotatable bonds is 5. The zero-order chi connectivity index (χ0) is 21.5. The Labute approximate surface area is 206 Å². The molecule has 2 aromatic rings. The van der Waals surface area contributed by atoms with Crippen molar-refractivity contribution in [2.24, 2.45) is 16.6 Å². The van der Waals surface area contributed by atoms with E-state index in [-0.39, 0.29) is 35.8 Å². The van der Waals surface area contributed by atoms with Crippen LogP contribution in [-0.2, 0) is 11.3 Å². The van der Waals surface area contributed by atoms with Gasteiger partial charge in [-0.2, -0.15) is 0 Å². The Kier molecular flexibility index (Phi) is 9.01. The number of nitrogens with zero attached hydrogens (tertiary/aromatic N) is 1. The lowest BCUT2D eigenvalue weighted by Crippen LogP contribution is -2.24. The molecule has 7 nitrogen and oxygen atoms in total. The zero-order valence-corrected chi connectivity index (χ0v) is 20.5. The van der Waals surface area contributed by atoms with Crippen molar-refractivity contribution in [2.75, 3.05) is 23.8 Å². The van der Waals surface area contributed by atoms with Gasteiger partial charge in [-0.3, -0.25) is 4.79 Å². The number of halogens is 1. The van der Waals surface area contributed by atoms with E-state index < -0.39 is 0 Å². The van der Waals surface area contributed by atoms with Crippen LogP contribution in [0, 0.1) is 5.92 Å². The molecule has 0 aromatic heterocycles. The first-order valence-corrected chi connectivity index (χ1v) is 11.0. The lowest BCUT2D eigenvalue weighted by molar-refractivity contribution is -0.120. The third kappa shape index (κ3) is 6.75. The summed E-state index contributed by atoms with van der Waals surface area (Å²) >= 11 is 0. The van der Waals surface area contributed by atoms with E-state index in [9.17, 15) is 4.79 Å². The van der Waals surface area contributed by atoms with Crippen molar-refractivity contribution in [2.45, 2.75) is 45.1 Å². The molecule has 1 aliphatic carbocycles. The van der Waals surface area contributed by atoms with Crippen molar-refractivity contribution in [1.82, 2.24) is 0 Å². The van der Waals surface area contributed by atoms with Gasteiger partial charge < -0.3 is 25.8 Å². The summed E-state index contributed by atoms with van der Waals surface area (Å²) in [5.74, 6) is 2.01. The number of anilines is 2. The molecule has 8 heteroatoms. The minimum Gasteiger partial charge on any atom is -0.490 e. The molecule has 1 aliphatic heterocycles. The Balaban J connectivity index is 0.00000289. The quantitative estimate of drug-likeness (QED) is 0.279. The van der Waals surface area contributed by atoms with Crippen molar-refractivity contribution in [1.29, 1.82) is 0 Å². The van der Waals surface area contributed by atoms with Gasteiger partial charge in [0.2, 0.25) is 5.91 Å². The van der Waals surface area contributed by atoms with Gasteiger partial charge in [0.1, 0.15) is 0 Å². The predicted octanol–water partition coefficient (Wildman–Crippen LogP) is 4.91. The second-order valence-electron chi connectivity index (χ2n) is 8.06. The van der Waals surface area contributed by atoms with Gasteiger partial charge in [-0.05, 0) is 42.7 Å². The number of nitrogens with one attached hydrogen (secondary N) is 2. The summed E-state index contributed by atoms with van der Waals surface area (Å²) in [6, 6.07) is 13.4. The van der Waals surface area contributed by atoms with Crippen LogP contribution in [0.15, 0.2) is 47.5 Å². The maximum atomic E-state index is 12.5. The molecule has 0 atom stereocenters. The van der Waals surface area contributed by atoms with Crippen LogP contribution in [0.25, 0.3) is 0 Å². The summed E-state index contributed by atoms with van der Waals surface area (Å²) in [5.41, 5.74) is 8.64. The number of ether oxygens (including phenoxy) is 2. The third-order valence-electron chi connectivity index (χ3n) is 5.62. The summed E-state index contributed by atoms with van der Waals surface area (Å²) in [6.45, 7) is 1.70. The van der Waals surface area contributed by atoms with Gasteiger partial charge in [0.05, 0.1) is 19.8 Å². The first-order valence-electron chi connectivity index (χ1n) is 11.0. The van der Waals surface area contributed by atoms with Gasteiger partial charge in [0, 0.05) is 29.8 Å². The average molecular weight is 550 g/mol. The van der Waals surface area contributed by atoms with E-state index >= 15 is 0 Å². The van der Waals surface area contributed by atoms with Gasteiger partial charge in [0.15, 0.2) is 17.5 Å². The summed E-state index contributed by atoms with van der Waals surface area (Å²) in [6.07, 6.45) is 6.35. The van der Waals surface area contributed by atoms with E-state index in [1.54, 1.807) is 0 Å². The second kappa shape index (κ2) is 11.9. The standard InChI is InChI=1S/C24H30N4O3.HI/c25-24(28-20-10-11-21-22(15-20)31-13-5-12-30-21)26-16-17-6-4-9-19(14-17)27-23(29)18-7-2-1-3-8-18;/h4,6,9-11,14-15,18H,1-3,5,7-8,12-13,16H2,(H,27,29)(H3,25,26,28);1H. The van der Waals surface area contributed by atoms with Crippen LogP contribution in [0.1, 0.15) is 44.1 Å². The fraction of sp³-hybridized carbons (Fsp3) is 0.417. The van der Waals surface area contributed by atoms with E-state index in [0.29, 0.717) is 31.5 Å². The molecule has 1 fully saturated rings. The molecule has 4 N–H and O–H groups in total. The Bertz CT molecular complexity index is 945. The predicted molar refractivity (Wildman–Crippen MR) is 138 cm³/mol. The number of hydrogen-bond acceptors (Lipinski definition) is 4. The van der Waals surface area contributed by atoms with Crippen molar-refractivity contribution >= 4 is 47.2 Å². The summed E-state index contributed by atoms with van der Waals surface area (Å²) in [7, 11) is 0. The Morgan fingerprint density at radius 3 is 2.50 bits per heavy atom. The minimum atomic E-state index is 0. The molecule has 2 aliphatic rings. The Hall–Kier alpha value is -2.49. The largest absolute Gasteiger partial charge is 0.490 e. The molecule has 0 spiro atoms. The van der Waals surface area contributed by atoms with Crippen LogP contribution in [-0.4, -0.2) is 25.1 Å². The minimum absolute atomic E-state index is 0. The van der Waals surface area contributed by atoms with E-state index in [2.05, 4.69) is 15.6 Å². The molecule has 0 saturated heterocycles. The van der Waals surface area contributed by atoms with Crippen LogP contribution in [0.2, 0.25) is 0 Å². The molecule has 1 heterocycles. The number of aliphatic imine (C=N–C) groups is 1. The number of nitrogens with two attached hydrogens (primary N) is 1. The molecule has 1 saturated carbocycles. The highest BCUT2D eigenvalue weighted by molar-refractivity contribution is 14.0. The average Bonchev–Trinajstić information content (AvgIpc) is 3.04. The van der Waals surface area contributed by atoms with Crippen LogP contribution >= 0.6 is 24.0 Å². The second-order valence-corrected chi connectivity index (χ2v) is 8.06. The highest BCUT2D eigenvalue weighted by atomic mass is 127. The van der Waals surface area contributed by atoms with Crippen molar-refractivity contribution in [3.05, 3.63) is 48.0 Å². The monoisotopic (exact) mass is 550 g/mol. The smallest absolute Gasteiger partial charge is 0.227 e. The molecule has 0 unspecified atom stereocenters. The van der Waals surface area contributed by atoms with Crippen LogP contribution < -0.4 is 25.8 Å². The fourth-order valence-electron chi connectivity index (χ4n) is 3.96. The molecule has 0 bridgehead atoms. The lowest BCUT2D eigenvalue weighted by Gasteiger charge is -2.20.